The molecule has 0 bridgehead atoms. The monoisotopic (exact) mass is 401 g/mol. The number of rotatable bonds is 6. The van der Waals surface area contributed by atoms with E-state index in [1.807, 2.05) is 11.6 Å². The van der Waals surface area contributed by atoms with E-state index in [-0.39, 0.29) is 23.6 Å². The van der Waals surface area contributed by atoms with Gasteiger partial charge in [-0.15, -0.1) is 5.11 Å². The molecule has 1 N–H and O–H groups in total. The lowest BCUT2D eigenvalue weighted by Gasteiger charge is -2.36. The molecule has 1 aromatic rings. The molecule has 4 heterocycles. The summed E-state index contributed by atoms with van der Waals surface area (Å²) in [5.74, 6) is -0.475. The van der Waals surface area contributed by atoms with Crippen LogP contribution in [-0.4, -0.2) is 54.6 Å². The molecule has 1 aromatic heterocycles. The van der Waals surface area contributed by atoms with Crippen LogP contribution in [-0.2, 0) is 33.7 Å². The minimum absolute atomic E-state index is 0.0222. The third-order valence-electron chi connectivity index (χ3n) is 5.91. The highest BCUT2D eigenvalue weighted by Crippen LogP contribution is 2.37. The lowest BCUT2D eigenvalue weighted by atomic mass is 9.76. The molecule has 0 saturated carbocycles. The lowest BCUT2D eigenvalue weighted by molar-refractivity contribution is -0.139. The van der Waals surface area contributed by atoms with Crippen LogP contribution in [0.1, 0.15) is 47.9 Å². The van der Waals surface area contributed by atoms with Gasteiger partial charge in [0.25, 0.3) is 5.91 Å². The predicted octanol–water partition coefficient (Wildman–Crippen LogP) is 1.81. The highest BCUT2D eigenvalue weighted by molar-refractivity contribution is 5.97. The van der Waals surface area contributed by atoms with E-state index >= 15 is 0 Å². The third kappa shape index (κ3) is 4.10. The molecule has 156 valence electrons. The van der Waals surface area contributed by atoms with Crippen LogP contribution in [0, 0.1) is 5.41 Å². The van der Waals surface area contributed by atoms with Crippen LogP contribution in [0.4, 0.5) is 0 Å². The number of carbonyl (C=O) groups excluding carboxylic acids is 2. The number of esters is 1. The van der Waals surface area contributed by atoms with Gasteiger partial charge in [-0.3, -0.25) is 9.48 Å². The fourth-order valence-electron chi connectivity index (χ4n) is 4.22. The highest BCUT2D eigenvalue weighted by atomic mass is 16.5. The van der Waals surface area contributed by atoms with Gasteiger partial charge < -0.3 is 14.8 Å². The molecule has 0 aliphatic carbocycles. The van der Waals surface area contributed by atoms with Gasteiger partial charge in [0.1, 0.15) is 0 Å². The third-order valence-corrected chi connectivity index (χ3v) is 5.91. The Morgan fingerprint density at radius 3 is 2.93 bits per heavy atom. The largest absolute Gasteiger partial charge is 0.461 e. The number of azo groups is 1. The zero-order valence-electron chi connectivity index (χ0n) is 16.8. The summed E-state index contributed by atoms with van der Waals surface area (Å²) in [6, 6.07) is 0. The Balaban J connectivity index is 1.47. The highest BCUT2D eigenvalue weighted by Gasteiger charge is 2.39. The van der Waals surface area contributed by atoms with Crippen molar-refractivity contribution in [1.29, 1.82) is 0 Å². The molecule has 4 rings (SSSR count). The minimum atomic E-state index is -0.444. The second kappa shape index (κ2) is 8.44. The van der Waals surface area contributed by atoms with Crippen molar-refractivity contribution in [3.8, 4) is 0 Å². The maximum Gasteiger partial charge on any atom is 0.358 e. The molecule has 0 atom stereocenters. The van der Waals surface area contributed by atoms with E-state index in [4.69, 9.17) is 14.6 Å². The van der Waals surface area contributed by atoms with Gasteiger partial charge >= 0.3 is 5.97 Å². The number of aryl methyl sites for hydroxylation is 2. The normalized spacial score (nSPS) is 20.2. The van der Waals surface area contributed by atoms with Crippen LogP contribution >= 0.6 is 0 Å². The standard InChI is InChI=1S/C20H27N5O4/c1-2-14-17-16(12-20(13-21-18(17)26)5-10-28-11-6-20)25(24-14)8-3-9-29-19(27)15-4-7-22-23-15/h4H,2-3,5-13H2,1H3,(H,21,26). The summed E-state index contributed by atoms with van der Waals surface area (Å²) in [6.45, 7) is 5.43. The van der Waals surface area contributed by atoms with Gasteiger partial charge in [-0.1, -0.05) is 6.92 Å². The maximum atomic E-state index is 12.8. The molecular weight excluding hydrogens is 374 g/mol. The quantitative estimate of drug-likeness (QED) is 0.578. The SMILES string of the molecule is CCc1nn(CCCOC(=O)C2=CCN=N2)c2c1C(=O)NCC1(CCOCC1)C2. The van der Waals surface area contributed by atoms with Gasteiger partial charge in [0.15, 0.2) is 5.70 Å². The first-order valence-corrected chi connectivity index (χ1v) is 10.3. The molecule has 9 heteroatoms. The van der Waals surface area contributed by atoms with E-state index < -0.39 is 5.97 Å². The maximum absolute atomic E-state index is 12.8. The van der Waals surface area contributed by atoms with Crippen LogP contribution in [0.5, 0.6) is 0 Å². The van der Waals surface area contributed by atoms with Crippen LogP contribution in [0.2, 0.25) is 0 Å². The molecule has 1 saturated heterocycles. The van der Waals surface area contributed by atoms with Gasteiger partial charge in [0.2, 0.25) is 0 Å². The summed E-state index contributed by atoms with van der Waals surface area (Å²) in [5, 5.41) is 15.3. The Bertz CT molecular complexity index is 851. The molecule has 1 fully saturated rings. The number of nitrogens with one attached hydrogen (secondary N) is 1. The lowest BCUT2D eigenvalue weighted by Crippen LogP contribution is -2.40. The number of aromatic nitrogens is 2. The first kappa shape index (κ1) is 19.8. The second-order valence-electron chi connectivity index (χ2n) is 7.82. The van der Waals surface area contributed by atoms with Gasteiger partial charge in [-0.25, -0.2) is 4.79 Å². The molecule has 1 amide bonds. The fraction of sp³-hybridized carbons (Fsp3) is 0.650. The summed E-state index contributed by atoms with van der Waals surface area (Å²) in [5.41, 5.74) is 2.84. The van der Waals surface area contributed by atoms with Crippen LogP contribution in [0.3, 0.4) is 0 Å². The zero-order valence-corrected chi connectivity index (χ0v) is 16.8. The van der Waals surface area contributed by atoms with E-state index in [0.717, 1.165) is 49.4 Å². The molecule has 0 aromatic carbocycles. The molecule has 0 unspecified atom stereocenters. The van der Waals surface area contributed by atoms with Gasteiger partial charge in [-0.05, 0) is 37.2 Å². The van der Waals surface area contributed by atoms with Gasteiger partial charge in [0.05, 0.1) is 30.1 Å². The summed E-state index contributed by atoms with van der Waals surface area (Å²) in [4.78, 5) is 24.7. The number of carbonyl (C=O) groups is 2. The summed E-state index contributed by atoms with van der Waals surface area (Å²) in [6.07, 6.45) is 5.64. The topological polar surface area (TPSA) is 107 Å². The average Bonchev–Trinajstić information content (AvgIpc) is 3.36. The van der Waals surface area contributed by atoms with Crippen LogP contribution in [0.25, 0.3) is 0 Å². The number of fused-ring (bicyclic) bond motifs is 1. The van der Waals surface area contributed by atoms with Crippen molar-refractivity contribution in [3.63, 3.8) is 0 Å². The summed E-state index contributed by atoms with van der Waals surface area (Å²) < 4.78 is 12.8. The summed E-state index contributed by atoms with van der Waals surface area (Å²) >= 11 is 0. The molecule has 29 heavy (non-hydrogen) atoms. The van der Waals surface area contributed by atoms with Crippen molar-refractivity contribution >= 4 is 11.9 Å². The second-order valence-corrected chi connectivity index (χ2v) is 7.82. The first-order chi connectivity index (χ1) is 14.1. The van der Waals surface area contributed by atoms with Crippen molar-refractivity contribution in [2.75, 3.05) is 32.9 Å². The molecular formula is C20H27N5O4. The van der Waals surface area contributed by atoms with Crippen molar-refractivity contribution in [1.82, 2.24) is 15.1 Å². The molecule has 3 aliphatic heterocycles. The molecule has 9 nitrogen and oxygen atoms in total. The van der Waals surface area contributed by atoms with Crippen molar-refractivity contribution < 1.29 is 19.1 Å². The van der Waals surface area contributed by atoms with Crippen molar-refractivity contribution in [2.45, 2.75) is 45.6 Å². The predicted molar refractivity (Wildman–Crippen MR) is 104 cm³/mol. The van der Waals surface area contributed by atoms with Crippen molar-refractivity contribution in [3.05, 3.63) is 28.7 Å². The van der Waals surface area contributed by atoms with Crippen molar-refractivity contribution in [2.24, 2.45) is 15.6 Å². The Kier molecular flexibility index (Phi) is 5.75. The Labute approximate surface area is 169 Å². The van der Waals surface area contributed by atoms with E-state index in [0.29, 0.717) is 32.5 Å². The Hall–Kier alpha value is -2.55. The number of nitrogens with zero attached hydrogens (tertiary/aromatic N) is 4. The fourth-order valence-corrected chi connectivity index (χ4v) is 4.22. The zero-order chi connectivity index (χ0) is 20.3. The van der Waals surface area contributed by atoms with E-state index in [9.17, 15) is 9.59 Å². The number of hydrogen-bond donors (Lipinski definition) is 1. The number of hydrogen-bond acceptors (Lipinski definition) is 7. The van der Waals surface area contributed by atoms with E-state index in [2.05, 4.69) is 15.5 Å². The van der Waals surface area contributed by atoms with Crippen LogP contribution < -0.4 is 5.32 Å². The molecule has 1 spiro atoms. The Morgan fingerprint density at radius 1 is 1.38 bits per heavy atom. The van der Waals surface area contributed by atoms with E-state index in [1.165, 1.54) is 0 Å². The molecule has 0 radical (unpaired) electrons. The Morgan fingerprint density at radius 2 is 2.21 bits per heavy atom. The van der Waals surface area contributed by atoms with Gasteiger partial charge in [0, 0.05) is 32.7 Å². The minimum Gasteiger partial charge on any atom is -0.461 e. The molecule has 3 aliphatic rings. The summed E-state index contributed by atoms with van der Waals surface area (Å²) in [7, 11) is 0. The van der Waals surface area contributed by atoms with Crippen LogP contribution in [0.15, 0.2) is 22.0 Å². The van der Waals surface area contributed by atoms with E-state index in [1.54, 1.807) is 6.08 Å². The first-order valence-electron chi connectivity index (χ1n) is 10.3. The number of amides is 1. The smallest absolute Gasteiger partial charge is 0.358 e. The average molecular weight is 401 g/mol. The number of ether oxygens (including phenoxy) is 2. The van der Waals surface area contributed by atoms with Gasteiger partial charge in [-0.2, -0.15) is 10.2 Å².